The van der Waals surface area contributed by atoms with Crippen LogP contribution in [-0.2, 0) is 4.79 Å². The van der Waals surface area contributed by atoms with Crippen LogP contribution in [0.25, 0.3) is 0 Å². The van der Waals surface area contributed by atoms with Gasteiger partial charge in [0.15, 0.2) is 6.54 Å². The van der Waals surface area contributed by atoms with Crippen molar-refractivity contribution in [1.29, 1.82) is 0 Å². The summed E-state index contributed by atoms with van der Waals surface area (Å²) in [4.78, 5) is 13.8. The van der Waals surface area contributed by atoms with Crippen molar-refractivity contribution in [2.45, 2.75) is 27.7 Å². The molecule has 0 aromatic carbocycles. The maximum Gasteiger partial charge on any atom is 0.277 e. The number of likely N-dealkylation sites (N-methyl/N-ethyl adjacent to an activating group) is 2. The number of amides is 1. The topological polar surface area (TPSA) is 20.3 Å². The summed E-state index contributed by atoms with van der Waals surface area (Å²) in [6.07, 6.45) is 0. The third kappa shape index (κ3) is 5.70. The van der Waals surface area contributed by atoms with Crippen molar-refractivity contribution in [3.05, 3.63) is 0 Å². The Morgan fingerprint density at radius 3 is 1.73 bits per heavy atom. The van der Waals surface area contributed by atoms with E-state index in [2.05, 4.69) is 20.9 Å². The minimum atomic E-state index is 0. The lowest BCUT2D eigenvalue weighted by atomic mass is 10.3. The van der Waals surface area contributed by atoms with Gasteiger partial charge in [-0.3, -0.25) is 4.79 Å². The monoisotopic (exact) mass is 328 g/mol. The first-order valence-electron chi connectivity index (χ1n) is 5.64. The van der Waals surface area contributed by atoms with Gasteiger partial charge in [-0.15, -0.1) is 0 Å². The van der Waals surface area contributed by atoms with E-state index < -0.39 is 0 Å². The Kier molecular flexibility index (Phi) is 9.74. The van der Waals surface area contributed by atoms with Crippen LogP contribution < -0.4 is 24.0 Å². The number of carbonyl (C=O) groups is 1. The van der Waals surface area contributed by atoms with Crippen LogP contribution in [0.4, 0.5) is 0 Å². The molecular weight excluding hydrogens is 303 g/mol. The van der Waals surface area contributed by atoms with Crippen LogP contribution in [0.5, 0.6) is 0 Å². The van der Waals surface area contributed by atoms with Gasteiger partial charge in [0.05, 0.1) is 20.1 Å². The summed E-state index contributed by atoms with van der Waals surface area (Å²) in [7, 11) is 2.14. The third-order valence-electron chi connectivity index (χ3n) is 3.16. The second-order valence-corrected chi connectivity index (χ2v) is 3.98. The van der Waals surface area contributed by atoms with Crippen LogP contribution in [0.2, 0.25) is 0 Å². The fourth-order valence-corrected chi connectivity index (χ4v) is 1.45. The number of carbonyl (C=O) groups excluding carboxylic acids is 1. The van der Waals surface area contributed by atoms with Crippen LogP contribution in [0.3, 0.4) is 0 Å². The average molecular weight is 328 g/mol. The highest BCUT2D eigenvalue weighted by atomic mass is 127. The summed E-state index contributed by atoms with van der Waals surface area (Å²) in [5.41, 5.74) is 0. The molecule has 0 rings (SSSR count). The van der Waals surface area contributed by atoms with Gasteiger partial charge >= 0.3 is 0 Å². The minimum absolute atomic E-state index is 0. The van der Waals surface area contributed by atoms with Crippen LogP contribution in [-0.4, -0.2) is 55.1 Å². The SMILES string of the molecule is CCN(CC)C(=O)C[N+](C)(CC)CC.[I-]. The first-order valence-corrected chi connectivity index (χ1v) is 5.64. The van der Waals surface area contributed by atoms with Crippen LogP contribution in [0, 0.1) is 0 Å². The van der Waals surface area contributed by atoms with Crippen LogP contribution >= 0.6 is 0 Å². The second kappa shape index (κ2) is 8.33. The smallest absolute Gasteiger partial charge is 0.277 e. The first kappa shape index (κ1) is 17.6. The van der Waals surface area contributed by atoms with Gasteiger partial charge in [0, 0.05) is 13.1 Å². The van der Waals surface area contributed by atoms with Gasteiger partial charge < -0.3 is 33.4 Å². The standard InChI is InChI=1S/C11H25N2O.HI/c1-6-12(7-2)11(14)10-13(5,8-3)9-4;/h6-10H2,1-5H3;1H/q+1;/p-1. The van der Waals surface area contributed by atoms with Crippen molar-refractivity contribution in [1.82, 2.24) is 4.90 Å². The predicted molar refractivity (Wildman–Crippen MR) is 60.1 cm³/mol. The molecule has 0 N–H and O–H groups in total. The molecular formula is C11H25IN2O. The highest BCUT2D eigenvalue weighted by molar-refractivity contribution is 5.77. The Bertz CT molecular complexity index is 177. The highest BCUT2D eigenvalue weighted by Crippen LogP contribution is 2.03. The molecule has 0 aliphatic carbocycles. The van der Waals surface area contributed by atoms with Crippen molar-refractivity contribution in [2.75, 3.05) is 39.8 Å². The Labute approximate surface area is 111 Å². The second-order valence-electron chi connectivity index (χ2n) is 3.98. The Morgan fingerprint density at radius 1 is 1.07 bits per heavy atom. The largest absolute Gasteiger partial charge is 1.00 e. The van der Waals surface area contributed by atoms with Gasteiger partial charge in [-0.05, 0) is 27.7 Å². The summed E-state index contributed by atoms with van der Waals surface area (Å²) in [5.74, 6) is 0.279. The molecule has 15 heavy (non-hydrogen) atoms. The lowest BCUT2D eigenvalue weighted by molar-refractivity contribution is -0.898. The Hall–Kier alpha value is 0.160. The molecule has 0 heterocycles. The van der Waals surface area contributed by atoms with Gasteiger partial charge in [0.25, 0.3) is 5.91 Å². The van der Waals surface area contributed by atoms with Crippen molar-refractivity contribution in [2.24, 2.45) is 0 Å². The molecule has 0 aromatic rings. The zero-order valence-corrected chi connectivity index (χ0v) is 12.9. The Balaban J connectivity index is 0. The van der Waals surface area contributed by atoms with Crippen molar-refractivity contribution >= 4 is 5.91 Å². The van der Waals surface area contributed by atoms with Gasteiger partial charge in [0.2, 0.25) is 0 Å². The molecule has 0 aliphatic rings. The number of hydrogen-bond donors (Lipinski definition) is 0. The molecule has 0 aliphatic heterocycles. The van der Waals surface area contributed by atoms with E-state index in [-0.39, 0.29) is 29.9 Å². The summed E-state index contributed by atoms with van der Waals surface area (Å²) < 4.78 is 0.843. The molecule has 0 aromatic heterocycles. The van der Waals surface area contributed by atoms with E-state index in [1.165, 1.54) is 0 Å². The number of nitrogens with zero attached hydrogens (tertiary/aromatic N) is 2. The molecule has 0 unspecified atom stereocenters. The maximum atomic E-state index is 11.8. The quantitative estimate of drug-likeness (QED) is 0.423. The molecule has 0 fully saturated rings. The number of quaternary nitrogens is 1. The van der Waals surface area contributed by atoms with E-state index in [0.29, 0.717) is 6.54 Å². The van der Waals surface area contributed by atoms with Gasteiger partial charge in [-0.1, -0.05) is 0 Å². The molecule has 0 bridgehead atoms. The van der Waals surface area contributed by atoms with Gasteiger partial charge in [-0.25, -0.2) is 0 Å². The van der Waals surface area contributed by atoms with Crippen LogP contribution in [0.1, 0.15) is 27.7 Å². The van der Waals surface area contributed by atoms with E-state index in [9.17, 15) is 4.79 Å². The number of rotatable bonds is 6. The fourth-order valence-electron chi connectivity index (χ4n) is 1.45. The zero-order valence-electron chi connectivity index (χ0n) is 10.7. The van der Waals surface area contributed by atoms with Gasteiger partial charge in [-0.2, -0.15) is 0 Å². The Morgan fingerprint density at radius 2 is 1.47 bits per heavy atom. The number of halogens is 1. The van der Waals surface area contributed by atoms with Crippen molar-refractivity contribution in [3.63, 3.8) is 0 Å². The molecule has 0 atom stereocenters. The van der Waals surface area contributed by atoms with Crippen molar-refractivity contribution in [3.8, 4) is 0 Å². The summed E-state index contributed by atoms with van der Waals surface area (Å²) in [6.45, 7) is 12.7. The molecule has 92 valence electrons. The molecule has 3 nitrogen and oxygen atoms in total. The molecule has 1 amide bonds. The lowest BCUT2D eigenvalue weighted by Gasteiger charge is -2.33. The van der Waals surface area contributed by atoms with E-state index in [1.54, 1.807) is 0 Å². The normalized spacial score (nSPS) is 10.7. The van der Waals surface area contributed by atoms with Gasteiger partial charge in [0.1, 0.15) is 0 Å². The predicted octanol–water partition coefficient (Wildman–Crippen LogP) is -1.65. The first-order chi connectivity index (χ1) is 6.52. The maximum absolute atomic E-state index is 11.8. The minimum Gasteiger partial charge on any atom is -1.00 e. The summed E-state index contributed by atoms with van der Waals surface area (Å²) in [5, 5.41) is 0. The van der Waals surface area contributed by atoms with E-state index in [0.717, 1.165) is 30.7 Å². The summed E-state index contributed by atoms with van der Waals surface area (Å²) in [6, 6.07) is 0. The third-order valence-corrected chi connectivity index (χ3v) is 3.16. The average Bonchev–Trinajstić information content (AvgIpc) is 2.19. The van der Waals surface area contributed by atoms with E-state index in [4.69, 9.17) is 0 Å². The summed E-state index contributed by atoms with van der Waals surface area (Å²) >= 11 is 0. The van der Waals surface area contributed by atoms with Crippen molar-refractivity contribution < 1.29 is 33.3 Å². The number of hydrogen-bond acceptors (Lipinski definition) is 1. The fraction of sp³-hybridized carbons (Fsp3) is 0.909. The van der Waals surface area contributed by atoms with E-state index >= 15 is 0 Å². The molecule has 0 saturated carbocycles. The molecule has 0 saturated heterocycles. The zero-order chi connectivity index (χ0) is 11.2. The lowest BCUT2D eigenvalue weighted by Crippen LogP contribution is -3.00. The van der Waals surface area contributed by atoms with Crippen LogP contribution in [0.15, 0.2) is 0 Å². The molecule has 0 radical (unpaired) electrons. The molecule has 0 spiro atoms. The highest BCUT2D eigenvalue weighted by Gasteiger charge is 2.23. The van der Waals surface area contributed by atoms with E-state index in [1.807, 2.05) is 18.7 Å². The molecule has 4 heteroatoms.